The van der Waals surface area contributed by atoms with E-state index in [2.05, 4.69) is 4.98 Å². The van der Waals surface area contributed by atoms with E-state index in [0.717, 1.165) is 17.8 Å². The molecule has 0 saturated carbocycles. The van der Waals surface area contributed by atoms with E-state index in [-0.39, 0.29) is 5.56 Å². The first kappa shape index (κ1) is 14.1. The van der Waals surface area contributed by atoms with Crippen LogP contribution in [-0.2, 0) is 13.1 Å². The molecule has 1 heterocycles. The van der Waals surface area contributed by atoms with E-state index in [1.807, 2.05) is 43.0 Å². The van der Waals surface area contributed by atoms with Gasteiger partial charge in [0.2, 0.25) is 0 Å². The Labute approximate surface area is 118 Å². The molecule has 0 unspecified atom stereocenters. The van der Waals surface area contributed by atoms with Crippen LogP contribution < -0.4 is 16.2 Å². The van der Waals surface area contributed by atoms with Crippen LogP contribution in [0, 0.1) is 0 Å². The molecule has 2 rings (SSSR count). The lowest BCUT2D eigenvalue weighted by Gasteiger charge is -2.21. The number of nitrogens with two attached hydrogens (primary N) is 1. The van der Waals surface area contributed by atoms with Gasteiger partial charge in [-0.1, -0.05) is 12.1 Å². The Morgan fingerprint density at radius 3 is 2.55 bits per heavy atom. The molecule has 0 fully saturated rings. The number of rotatable bonds is 5. The SMILES string of the molecule is CCN(Cc1ccc(N)cc1)c1nccn(CC)c1=O. The third-order valence-electron chi connectivity index (χ3n) is 3.27. The van der Waals surface area contributed by atoms with Crippen LogP contribution in [0.5, 0.6) is 0 Å². The Morgan fingerprint density at radius 2 is 1.95 bits per heavy atom. The Morgan fingerprint density at radius 1 is 1.25 bits per heavy atom. The molecule has 0 radical (unpaired) electrons. The van der Waals surface area contributed by atoms with Crippen LogP contribution in [-0.4, -0.2) is 16.1 Å². The van der Waals surface area contributed by atoms with Gasteiger partial charge in [-0.2, -0.15) is 0 Å². The normalized spacial score (nSPS) is 10.5. The third-order valence-corrected chi connectivity index (χ3v) is 3.27. The minimum absolute atomic E-state index is 0.0488. The number of benzene rings is 1. The second-order valence-corrected chi connectivity index (χ2v) is 4.60. The first-order chi connectivity index (χ1) is 9.65. The van der Waals surface area contributed by atoms with Crippen LogP contribution in [0.3, 0.4) is 0 Å². The molecular formula is C15H20N4O. The zero-order chi connectivity index (χ0) is 14.5. The molecule has 0 atom stereocenters. The average molecular weight is 272 g/mol. The van der Waals surface area contributed by atoms with Gasteiger partial charge in [-0.15, -0.1) is 0 Å². The number of hydrogen-bond donors (Lipinski definition) is 1. The summed E-state index contributed by atoms with van der Waals surface area (Å²) in [6.45, 7) is 5.98. The van der Waals surface area contributed by atoms with Crippen LogP contribution in [0.4, 0.5) is 11.5 Å². The van der Waals surface area contributed by atoms with E-state index in [1.54, 1.807) is 17.0 Å². The Hall–Kier alpha value is -2.30. The minimum atomic E-state index is -0.0488. The number of aryl methyl sites for hydroxylation is 1. The van der Waals surface area contributed by atoms with Gasteiger partial charge in [-0.3, -0.25) is 4.79 Å². The van der Waals surface area contributed by atoms with Crippen molar-refractivity contribution in [3.8, 4) is 0 Å². The number of anilines is 2. The van der Waals surface area contributed by atoms with Crippen molar-refractivity contribution < 1.29 is 0 Å². The lowest BCUT2D eigenvalue weighted by Crippen LogP contribution is -2.32. The lowest BCUT2D eigenvalue weighted by molar-refractivity contribution is 0.699. The van der Waals surface area contributed by atoms with Gasteiger partial charge in [0, 0.05) is 37.7 Å². The van der Waals surface area contributed by atoms with Crippen LogP contribution in [0.2, 0.25) is 0 Å². The predicted octanol–water partition coefficient (Wildman–Crippen LogP) is 1.87. The Bertz CT molecular complexity index is 619. The zero-order valence-corrected chi connectivity index (χ0v) is 11.9. The summed E-state index contributed by atoms with van der Waals surface area (Å²) >= 11 is 0. The first-order valence-corrected chi connectivity index (χ1v) is 6.80. The molecule has 5 nitrogen and oxygen atoms in total. The quantitative estimate of drug-likeness (QED) is 0.844. The van der Waals surface area contributed by atoms with Crippen LogP contribution >= 0.6 is 0 Å². The molecule has 2 N–H and O–H groups in total. The van der Waals surface area contributed by atoms with E-state index >= 15 is 0 Å². The summed E-state index contributed by atoms with van der Waals surface area (Å²) in [5.74, 6) is 0.494. The van der Waals surface area contributed by atoms with Gasteiger partial charge >= 0.3 is 0 Å². The van der Waals surface area contributed by atoms with Crippen molar-refractivity contribution in [1.29, 1.82) is 0 Å². The van der Waals surface area contributed by atoms with E-state index < -0.39 is 0 Å². The molecule has 1 aromatic carbocycles. The van der Waals surface area contributed by atoms with E-state index in [0.29, 0.717) is 18.9 Å². The fourth-order valence-electron chi connectivity index (χ4n) is 2.08. The van der Waals surface area contributed by atoms with Crippen molar-refractivity contribution in [2.45, 2.75) is 26.9 Å². The Kier molecular flexibility index (Phi) is 4.40. The van der Waals surface area contributed by atoms with Gasteiger partial charge < -0.3 is 15.2 Å². The largest absolute Gasteiger partial charge is 0.399 e. The summed E-state index contributed by atoms with van der Waals surface area (Å²) < 4.78 is 1.66. The van der Waals surface area contributed by atoms with Gasteiger partial charge in [0.1, 0.15) is 0 Å². The smallest absolute Gasteiger partial charge is 0.293 e. The average Bonchev–Trinajstić information content (AvgIpc) is 2.47. The minimum Gasteiger partial charge on any atom is -0.399 e. The summed E-state index contributed by atoms with van der Waals surface area (Å²) in [5, 5.41) is 0. The van der Waals surface area contributed by atoms with Crippen LogP contribution in [0.25, 0.3) is 0 Å². The molecule has 0 bridgehead atoms. The molecule has 0 aliphatic carbocycles. The van der Waals surface area contributed by atoms with E-state index in [4.69, 9.17) is 5.73 Å². The summed E-state index contributed by atoms with van der Waals surface area (Å²) in [7, 11) is 0. The second-order valence-electron chi connectivity index (χ2n) is 4.60. The standard InChI is InChI=1S/C15H20N4O/c1-3-18-10-9-17-14(15(18)20)19(4-2)11-12-5-7-13(16)8-6-12/h5-10H,3-4,11,16H2,1-2H3. The summed E-state index contributed by atoms with van der Waals surface area (Å²) in [6.07, 6.45) is 3.38. The highest BCUT2D eigenvalue weighted by atomic mass is 16.1. The fraction of sp³-hybridized carbons (Fsp3) is 0.333. The molecule has 0 saturated heterocycles. The predicted molar refractivity (Wildman–Crippen MR) is 81.7 cm³/mol. The van der Waals surface area contributed by atoms with Gasteiger partial charge in [0.15, 0.2) is 5.82 Å². The highest BCUT2D eigenvalue weighted by Crippen LogP contribution is 2.12. The topological polar surface area (TPSA) is 64.2 Å². The summed E-state index contributed by atoms with van der Waals surface area (Å²) in [4.78, 5) is 18.5. The highest BCUT2D eigenvalue weighted by Gasteiger charge is 2.12. The lowest BCUT2D eigenvalue weighted by atomic mass is 10.2. The molecular weight excluding hydrogens is 252 g/mol. The highest BCUT2D eigenvalue weighted by molar-refractivity contribution is 5.42. The molecule has 0 amide bonds. The Balaban J connectivity index is 2.29. The van der Waals surface area contributed by atoms with Crippen molar-refractivity contribution >= 4 is 11.5 Å². The number of nitrogen functional groups attached to an aromatic ring is 1. The van der Waals surface area contributed by atoms with Crippen LogP contribution in [0.15, 0.2) is 41.5 Å². The third kappa shape index (κ3) is 2.99. The van der Waals surface area contributed by atoms with Gasteiger partial charge in [0.25, 0.3) is 5.56 Å². The van der Waals surface area contributed by atoms with Crippen molar-refractivity contribution in [3.63, 3.8) is 0 Å². The summed E-state index contributed by atoms with van der Waals surface area (Å²) in [5.41, 5.74) is 7.48. The number of aromatic nitrogens is 2. The van der Waals surface area contributed by atoms with Gasteiger partial charge in [-0.25, -0.2) is 4.98 Å². The number of nitrogens with zero attached hydrogens (tertiary/aromatic N) is 3. The summed E-state index contributed by atoms with van der Waals surface area (Å²) in [6, 6.07) is 7.68. The molecule has 5 heteroatoms. The molecule has 0 spiro atoms. The maximum absolute atomic E-state index is 12.3. The van der Waals surface area contributed by atoms with Crippen LogP contribution in [0.1, 0.15) is 19.4 Å². The van der Waals surface area contributed by atoms with Crippen molar-refractivity contribution in [1.82, 2.24) is 9.55 Å². The maximum Gasteiger partial charge on any atom is 0.293 e. The van der Waals surface area contributed by atoms with Crippen molar-refractivity contribution in [3.05, 3.63) is 52.6 Å². The van der Waals surface area contributed by atoms with E-state index in [9.17, 15) is 4.79 Å². The maximum atomic E-state index is 12.3. The molecule has 20 heavy (non-hydrogen) atoms. The first-order valence-electron chi connectivity index (χ1n) is 6.80. The molecule has 0 aliphatic rings. The number of hydrogen-bond acceptors (Lipinski definition) is 4. The molecule has 106 valence electrons. The molecule has 0 aliphatic heterocycles. The van der Waals surface area contributed by atoms with Crippen molar-refractivity contribution in [2.24, 2.45) is 0 Å². The second kappa shape index (κ2) is 6.23. The molecule has 2 aromatic rings. The van der Waals surface area contributed by atoms with E-state index in [1.165, 1.54) is 0 Å². The zero-order valence-electron chi connectivity index (χ0n) is 11.9. The van der Waals surface area contributed by atoms with Gasteiger partial charge in [0.05, 0.1) is 0 Å². The van der Waals surface area contributed by atoms with Crippen molar-refractivity contribution in [2.75, 3.05) is 17.2 Å². The monoisotopic (exact) mass is 272 g/mol. The van der Waals surface area contributed by atoms with Gasteiger partial charge in [-0.05, 0) is 31.5 Å². The fourth-order valence-corrected chi connectivity index (χ4v) is 2.08. The molecule has 1 aromatic heterocycles.